The van der Waals surface area contributed by atoms with Gasteiger partial charge in [0.25, 0.3) is 11.6 Å². The lowest BCUT2D eigenvalue weighted by Gasteiger charge is -2.04. The lowest BCUT2D eigenvalue weighted by molar-refractivity contribution is -0.384. The molecule has 0 saturated carbocycles. The molecule has 0 atom stereocenters. The first-order valence-corrected chi connectivity index (χ1v) is 6.33. The molecule has 6 nitrogen and oxygen atoms in total. The molecule has 1 aromatic rings. The van der Waals surface area contributed by atoms with E-state index in [9.17, 15) is 14.9 Å². The summed E-state index contributed by atoms with van der Waals surface area (Å²) >= 11 is 3.30. The molecule has 0 aliphatic rings. The number of nitro groups is 1. The van der Waals surface area contributed by atoms with Gasteiger partial charge in [-0.2, -0.15) is 0 Å². The third-order valence-electron chi connectivity index (χ3n) is 2.28. The zero-order chi connectivity index (χ0) is 12.8. The van der Waals surface area contributed by atoms with Crippen molar-refractivity contribution in [3.05, 3.63) is 28.1 Å². The van der Waals surface area contributed by atoms with Crippen LogP contribution >= 0.6 is 15.9 Å². The lowest BCUT2D eigenvalue weighted by Crippen LogP contribution is -2.26. The maximum Gasteiger partial charge on any atom is 0.287 e. The summed E-state index contributed by atoms with van der Waals surface area (Å²) in [6, 6.07) is 1.28. The van der Waals surface area contributed by atoms with E-state index in [1.165, 1.54) is 16.8 Å². The minimum Gasteiger partial charge on any atom is -0.351 e. The van der Waals surface area contributed by atoms with E-state index in [4.69, 9.17) is 0 Å². The maximum absolute atomic E-state index is 11.7. The van der Waals surface area contributed by atoms with Crippen LogP contribution in [0.15, 0.2) is 12.3 Å². The highest BCUT2D eigenvalue weighted by molar-refractivity contribution is 9.09. The highest BCUT2D eigenvalue weighted by atomic mass is 79.9. The Morgan fingerprint density at radius 1 is 1.59 bits per heavy atom. The van der Waals surface area contributed by atoms with Crippen LogP contribution in [-0.2, 0) is 7.05 Å². The topological polar surface area (TPSA) is 77.2 Å². The van der Waals surface area contributed by atoms with Crippen molar-refractivity contribution >= 4 is 27.5 Å². The molecule has 1 rings (SSSR count). The Bertz CT molecular complexity index is 417. The Hall–Kier alpha value is -1.37. The van der Waals surface area contributed by atoms with E-state index < -0.39 is 4.92 Å². The number of hydrogen-bond acceptors (Lipinski definition) is 3. The van der Waals surface area contributed by atoms with Gasteiger partial charge in [0, 0.05) is 25.0 Å². The van der Waals surface area contributed by atoms with Crippen molar-refractivity contribution in [1.82, 2.24) is 9.88 Å². The molecule has 1 amide bonds. The number of carbonyl (C=O) groups is 1. The number of aromatic nitrogens is 1. The zero-order valence-corrected chi connectivity index (χ0v) is 11.1. The summed E-state index contributed by atoms with van der Waals surface area (Å²) in [6.07, 6.45) is 3.18. The quantitative estimate of drug-likeness (QED) is 0.377. The van der Waals surface area contributed by atoms with E-state index in [2.05, 4.69) is 21.2 Å². The van der Waals surface area contributed by atoms with Crippen LogP contribution in [0.5, 0.6) is 0 Å². The van der Waals surface area contributed by atoms with Gasteiger partial charge >= 0.3 is 0 Å². The van der Waals surface area contributed by atoms with Gasteiger partial charge in [0.2, 0.25) is 0 Å². The van der Waals surface area contributed by atoms with E-state index in [-0.39, 0.29) is 11.6 Å². The Morgan fingerprint density at radius 2 is 2.29 bits per heavy atom. The van der Waals surface area contributed by atoms with Gasteiger partial charge in [-0.05, 0) is 12.8 Å². The molecular formula is C10H14BrN3O3. The molecule has 0 saturated heterocycles. The Morgan fingerprint density at radius 3 is 2.82 bits per heavy atom. The van der Waals surface area contributed by atoms with Crippen molar-refractivity contribution in [2.75, 3.05) is 11.9 Å². The highest BCUT2D eigenvalue weighted by Gasteiger charge is 2.16. The van der Waals surface area contributed by atoms with Gasteiger partial charge in [-0.25, -0.2) is 0 Å². The molecule has 94 valence electrons. The fourth-order valence-corrected chi connectivity index (χ4v) is 1.78. The van der Waals surface area contributed by atoms with E-state index in [0.717, 1.165) is 18.2 Å². The molecule has 7 heteroatoms. The zero-order valence-electron chi connectivity index (χ0n) is 9.48. The maximum atomic E-state index is 11.7. The standard InChI is InChI=1S/C10H14BrN3O3/c1-13-7-8(14(16)17)6-9(13)10(15)12-5-3-2-4-11/h6-7H,2-5H2,1H3,(H,12,15). The van der Waals surface area contributed by atoms with Gasteiger partial charge in [0.05, 0.1) is 11.1 Å². The van der Waals surface area contributed by atoms with Gasteiger partial charge in [-0.3, -0.25) is 14.9 Å². The number of hydrogen-bond donors (Lipinski definition) is 1. The first-order valence-electron chi connectivity index (χ1n) is 5.21. The van der Waals surface area contributed by atoms with Crippen LogP contribution in [0.1, 0.15) is 23.3 Å². The Kier molecular flexibility index (Phi) is 5.14. The highest BCUT2D eigenvalue weighted by Crippen LogP contribution is 2.14. The van der Waals surface area contributed by atoms with Crippen LogP contribution in [0.2, 0.25) is 0 Å². The second kappa shape index (κ2) is 6.39. The van der Waals surface area contributed by atoms with E-state index in [0.29, 0.717) is 12.2 Å². The fraction of sp³-hybridized carbons (Fsp3) is 0.500. The van der Waals surface area contributed by atoms with Crippen LogP contribution in [0.4, 0.5) is 5.69 Å². The normalized spacial score (nSPS) is 10.2. The molecule has 1 aromatic heterocycles. The molecule has 0 spiro atoms. The van der Waals surface area contributed by atoms with Crippen LogP contribution in [0.25, 0.3) is 0 Å². The molecule has 0 fully saturated rings. The van der Waals surface area contributed by atoms with Crippen molar-refractivity contribution < 1.29 is 9.72 Å². The van der Waals surface area contributed by atoms with Gasteiger partial charge < -0.3 is 9.88 Å². The molecule has 1 heterocycles. The smallest absolute Gasteiger partial charge is 0.287 e. The summed E-state index contributed by atoms with van der Waals surface area (Å²) in [7, 11) is 1.61. The molecule has 0 aliphatic carbocycles. The average Bonchev–Trinajstić information content (AvgIpc) is 2.67. The van der Waals surface area contributed by atoms with Crippen molar-refractivity contribution in [2.24, 2.45) is 7.05 Å². The summed E-state index contributed by atoms with van der Waals surface area (Å²) in [6.45, 7) is 0.573. The number of carbonyl (C=O) groups excluding carboxylic acids is 1. The van der Waals surface area contributed by atoms with Crippen molar-refractivity contribution in [1.29, 1.82) is 0 Å². The first kappa shape index (κ1) is 13.7. The molecule has 0 aromatic carbocycles. The minimum absolute atomic E-state index is 0.0712. The second-order valence-corrected chi connectivity index (χ2v) is 4.40. The molecule has 17 heavy (non-hydrogen) atoms. The van der Waals surface area contributed by atoms with Crippen LogP contribution in [0.3, 0.4) is 0 Å². The molecule has 0 radical (unpaired) electrons. The number of rotatable bonds is 6. The Balaban J connectivity index is 2.59. The van der Waals surface area contributed by atoms with Gasteiger partial charge in [-0.15, -0.1) is 0 Å². The number of nitrogens with zero attached hydrogens (tertiary/aromatic N) is 2. The van der Waals surface area contributed by atoms with Crippen LogP contribution in [0, 0.1) is 10.1 Å². The number of nitrogens with one attached hydrogen (secondary N) is 1. The number of aryl methyl sites for hydroxylation is 1. The number of alkyl halides is 1. The molecule has 0 aliphatic heterocycles. The minimum atomic E-state index is -0.512. The first-order chi connectivity index (χ1) is 8.06. The summed E-state index contributed by atoms with van der Waals surface area (Å²) in [5, 5.41) is 14.2. The van der Waals surface area contributed by atoms with E-state index in [1.807, 2.05) is 0 Å². The summed E-state index contributed by atoms with van der Waals surface area (Å²) in [5.74, 6) is -0.282. The average molecular weight is 304 g/mol. The summed E-state index contributed by atoms with van der Waals surface area (Å²) in [5.41, 5.74) is 0.230. The molecule has 0 bridgehead atoms. The van der Waals surface area contributed by atoms with E-state index >= 15 is 0 Å². The number of amides is 1. The predicted molar refractivity (Wildman–Crippen MR) is 67.4 cm³/mol. The number of unbranched alkanes of at least 4 members (excludes halogenated alkanes) is 1. The summed E-state index contributed by atoms with van der Waals surface area (Å²) < 4.78 is 1.46. The lowest BCUT2D eigenvalue weighted by atomic mass is 10.3. The SMILES string of the molecule is Cn1cc([N+](=O)[O-])cc1C(=O)NCCCCBr. The number of halogens is 1. The van der Waals surface area contributed by atoms with Gasteiger partial charge in [0.1, 0.15) is 5.69 Å². The van der Waals surface area contributed by atoms with Crippen molar-refractivity contribution in [2.45, 2.75) is 12.8 Å². The third-order valence-corrected chi connectivity index (χ3v) is 2.84. The summed E-state index contributed by atoms with van der Waals surface area (Å²) in [4.78, 5) is 21.7. The van der Waals surface area contributed by atoms with Gasteiger partial charge in [-0.1, -0.05) is 15.9 Å². The van der Waals surface area contributed by atoms with Gasteiger partial charge in [0.15, 0.2) is 0 Å². The van der Waals surface area contributed by atoms with Crippen molar-refractivity contribution in [3.63, 3.8) is 0 Å². The van der Waals surface area contributed by atoms with E-state index in [1.54, 1.807) is 7.05 Å². The van der Waals surface area contributed by atoms with Crippen LogP contribution in [-0.4, -0.2) is 27.3 Å². The fourth-order valence-electron chi connectivity index (χ4n) is 1.38. The van der Waals surface area contributed by atoms with Crippen LogP contribution < -0.4 is 5.32 Å². The molecule has 0 unspecified atom stereocenters. The predicted octanol–water partition coefficient (Wildman–Crippen LogP) is 1.84. The largest absolute Gasteiger partial charge is 0.351 e. The Labute approximate surface area is 107 Å². The monoisotopic (exact) mass is 303 g/mol. The second-order valence-electron chi connectivity index (χ2n) is 3.60. The molecular weight excluding hydrogens is 290 g/mol. The molecule has 1 N–H and O–H groups in total. The van der Waals surface area contributed by atoms with Crippen molar-refractivity contribution in [3.8, 4) is 0 Å². The third kappa shape index (κ3) is 3.85.